The Bertz CT molecular complexity index is 399. The van der Waals surface area contributed by atoms with Crippen LogP contribution in [0, 0.1) is 0 Å². The predicted molar refractivity (Wildman–Crippen MR) is 66.3 cm³/mol. The minimum atomic E-state index is -2.92. The molecule has 2 unspecified atom stereocenters. The Kier molecular flexibility index (Phi) is 6.90. The summed E-state index contributed by atoms with van der Waals surface area (Å²) in [6.45, 7) is 3.99. The molecule has 0 fully saturated rings. The SMILES string of the molecule is CC1=C(C)N(C)N(C)N=C1N.O=[P+](O)O[P+](=O)O. The lowest BCUT2D eigenvalue weighted by molar-refractivity contribution is 0.0637. The normalized spacial score (nSPS) is 16.9. The highest BCUT2D eigenvalue weighted by atomic mass is 31.2. The Morgan fingerprint density at radius 3 is 2.00 bits per heavy atom. The summed E-state index contributed by atoms with van der Waals surface area (Å²) >= 11 is 0. The first-order valence-corrected chi connectivity index (χ1v) is 6.92. The van der Waals surface area contributed by atoms with Gasteiger partial charge in [0.2, 0.25) is 0 Å². The lowest BCUT2D eigenvalue weighted by atomic mass is 10.2. The summed E-state index contributed by atoms with van der Waals surface area (Å²) in [4.78, 5) is 15.3. The highest BCUT2D eigenvalue weighted by Crippen LogP contribution is 2.30. The lowest BCUT2D eigenvalue weighted by Crippen LogP contribution is -2.38. The highest BCUT2D eigenvalue weighted by molar-refractivity contribution is 7.46. The van der Waals surface area contributed by atoms with Crippen LogP contribution in [0.25, 0.3) is 0 Å². The van der Waals surface area contributed by atoms with Gasteiger partial charge in [0.05, 0.1) is 0 Å². The molecule has 1 aliphatic rings. The van der Waals surface area contributed by atoms with Gasteiger partial charge in [0.1, 0.15) is 5.84 Å². The summed E-state index contributed by atoms with van der Waals surface area (Å²) in [5.74, 6) is 0.600. The summed E-state index contributed by atoms with van der Waals surface area (Å²) in [5.41, 5.74) is 7.83. The van der Waals surface area contributed by atoms with E-state index >= 15 is 0 Å². The van der Waals surface area contributed by atoms with E-state index in [0.717, 1.165) is 11.3 Å². The number of hydrazone groups is 1. The van der Waals surface area contributed by atoms with Gasteiger partial charge in [-0.15, -0.1) is 14.9 Å². The third kappa shape index (κ3) is 5.48. The molecule has 0 aromatic rings. The van der Waals surface area contributed by atoms with Crippen molar-refractivity contribution in [1.29, 1.82) is 0 Å². The van der Waals surface area contributed by atoms with Crippen molar-refractivity contribution in [2.75, 3.05) is 14.1 Å². The number of allylic oxidation sites excluding steroid dienone is 1. The van der Waals surface area contributed by atoms with Crippen molar-refractivity contribution in [2.45, 2.75) is 13.8 Å². The molecule has 1 rings (SSSR count). The van der Waals surface area contributed by atoms with Crippen LogP contribution in [0.1, 0.15) is 13.8 Å². The summed E-state index contributed by atoms with van der Waals surface area (Å²) in [7, 11) is -2.03. The van der Waals surface area contributed by atoms with E-state index in [0.29, 0.717) is 5.84 Å². The first-order valence-electron chi connectivity index (χ1n) is 4.66. The van der Waals surface area contributed by atoms with E-state index in [1.54, 1.807) is 5.12 Å². The van der Waals surface area contributed by atoms with Crippen LogP contribution in [-0.4, -0.2) is 39.8 Å². The molecule has 102 valence electrons. The molecule has 18 heavy (non-hydrogen) atoms. The molecule has 0 aromatic heterocycles. The molecule has 2 atom stereocenters. The zero-order valence-electron chi connectivity index (χ0n) is 10.4. The van der Waals surface area contributed by atoms with Gasteiger partial charge in [-0.05, 0) is 13.8 Å². The van der Waals surface area contributed by atoms with Crippen LogP contribution in [0.3, 0.4) is 0 Å². The van der Waals surface area contributed by atoms with Crippen molar-refractivity contribution in [2.24, 2.45) is 10.8 Å². The molecule has 1 aliphatic heterocycles. The summed E-state index contributed by atoms with van der Waals surface area (Å²) in [6.07, 6.45) is 0. The van der Waals surface area contributed by atoms with Gasteiger partial charge in [0.15, 0.2) is 4.31 Å². The minimum absolute atomic E-state index is 0.600. The summed E-state index contributed by atoms with van der Waals surface area (Å²) in [6, 6.07) is 0. The maximum Gasteiger partial charge on any atom is 0.745 e. The van der Waals surface area contributed by atoms with E-state index in [9.17, 15) is 9.13 Å². The molecule has 0 amide bonds. The van der Waals surface area contributed by atoms with Crippen LogP contribution >= 0.6 is 16.5 Å². The first-order chi connectivity index (χ1) is 8.16. The van der Waals surface area contributed by atoms with Crippen molar-refractivity contribution >= 4 is 22.3 Å². The fourth-order valence-electron chi connectivity index (χ4n) is 1.00. The number of nitrogens with two attached hydrogens (primary N) is 1. The number of hydrogen-bond donors (Lipinski definition) is 3. The monoisotopic (exact) mass is 298 g/mol. The Labute approximate surface area is 106 Å². The molecule has 0 saturated carbocycles. The number of nitrogens with zero attached hydrogens (tertiary/aromatic N) is 3. The van der Waals surface area contributed by atoms with E-state index in [4.69, 9.17) is 15.5 Å². The lowest BCUT2D eigenvalue weighted by Gasteiger charge is -2.33. The van der Waals surface area contributed by atoms with Gasteiger partial charge >= 0.3 is 16.5 Å². The fraction of sp³-hybridized carbons (Fsp3) is 0.571. The minimum Gasteiger partial charge on any atom is -0.382 e. The van der Waals surface area contributed by atoms with Gasteiger partial charge in [0.25, 0.3) is 0 Å². The molecule has 0 aromatic carbocycles. The fourth-order valence-corrected chi connectivity index (χ4v) is 1.48. The summed E-state index contributed by atoms with van der Waals surface area (Å²) in [5, 5.41) is 7.76. The number of amidine groups is 1. The first kappa shape index (κ1) is 16.9. The Balaban J connectivity index is 0.000000360. The molecule has 9 nitrogen and oxygen atoms in total. The predicted octanol–water partition coefficient (Wildman–Crippen LogP) is 0.647. The second-order valence-electron chi connectivity index (χ2n) is 3.27. The van der Waals surface area contributed by atoms with Crippen molar-refractivity contribution in [3.63, 3.8) is 0 Å². The third-order valence-electron chi connectivity index (χ3n) is 2.24. The standard InChI is InChI=1S/C7H14N4.O5P2/c1-5-6(2)10(3)11(4)9-7(5)8;1-6(2)5-7(3)4/h1-4H3,(H2,8,9);/p+2. The number of rotatable bonds is 2. The molecule has 0 spiro atoms. The van der Waals surface area contributed by atoms with Gasteiger partial charge in [0, 0.05) is 34.5 Å². The molecular weight excluding hydrogens is 282 g/mol. The van der Waals surface area contributed by atoms with E-state index < -0.39 is 16.5 Å². The topological polar surface area (TPSA) is 129 Å². The van der Waals surface area contributed by atoms with Gasteiger partial charge in [-0.2, -0.15) is 0 Å². The van der Waals surface area contributed by atoms with Gasteiger partial charge in [-0.25, -0.2) is 5.12 Å². The van der Waals surface area contributed by atoms with Crippen LogP contribution < -0.4 is 5.73 Å². The van der Waals surface area contributed by atoms with Crippen molar-refractivity contribution in [3.8, 4) is 0 Å². The summed E-state index contributed by atoms with van der Waals surface area (Å²) < 4.78 is 22.2. The smallest absolute Gasteiger partial charge is 0.382 e. The van der Waals surface area contributed by atoms with Crippen molar-refractivity contribution in [3.05, 3.63) is 11.3 Å². The molecular formula is C7H16N4O5P2+2. The van der Waals surface area contributed by atoms with Crippen LogP contribution in [0.2, 0.25) is 0 Å². The Morgan fingerprint density at radius 1 is 1.22 bits per heavy atom. The molecule has 0 aliphatic carbocycles. The molecule has 1 heterocycles. The second-order valence-corrected chi connectivity index (χ2v) is 4.87. The van der Waals surface area contributed by atoms with Crippen LogP contribution in [-0.2, 0) is 13.4 Å². The Morgan fingerprint density at radius 2 is 1.67 bits per heavy atom. The van der Waals surface area contributed by atoms with Crippen LogP contribution in [0.15, 0.2) is 16.4 Å². The molecule has 0 radical (unpaired) electrons. The molecule has 11 heteroatoms. The number of hydrazine groups is 1. The quantitative estimate of drug-likeness (QED) is 0.634. The highest BCUT2D eigenvalue weighted by Gasteiger charge is 2.31. The Hall–Kier alpha value is -1.11. The molecule has 0 bridgehead atoms. The zero-order valence-corrected chi connectivity index (χ0v) is 12.2. The van der Waals surface area contributed by atoms with Crippen molar-refractivity contribution < 1.29 is 23.2 Å². The third-order valence-corrected chi connectivity index (χ3v) is 3.36. The maximum absolute atomic E-state index is 9.39. The number of hydrogen-bond acceptors (Lipinski definition) is 7. The van der Waals surface area contributed by atoms with E-state index in [2.05, 4.69) is 9.41 Å². The van der Waals surface area contributed by atoms with Gasteiger partial charge in [-0.3, -0.25) is 5.01 Å². The van der Waals surface area contributed by atoms with Crippen molar-refractivity contribution in [1.82, 2.24) is 10.1 Å². The molecule has 4 N–H and O–H groups in total. The maximum atomic E-state index is 9.39. The largest absolute Gasteiger partial charge is 0.745 e. The second kappa shape index (κ2) is 7.35. The van der Waals surface area contributed by atoms with E-state index in [1.165, 1.54) is 0 Å². The van der Waals surface area contributed by atoms with Crippen LogP contribution in [0.4, 0.5) is 0 Å². The van der Waals surface area contributed by atoms with Crippen LogP contribution in [0.5, 0.6) is 0 Å². The van der Waals surface area contributed by atoms with E-state index in [1.807, 2.05) is 33.0 Å². The van der Waals surface area contributed by atoms with Gasteiger partial charge < -0.3 is 5.73 Å². The van der Waals surface area contributed by atoms with E-state index in [-0.39, 0.29) is 0 Å². The van der Waals surface area contributed by atoms with Gasteiger partial charge in [-0.1, -0.05) is 0 Å². The molecule has 0 saturated heterocycles. The zero-order chi connectivity index (χ0) is 14.5. The average molecular weight is 298 g/mol. The average Bonchev–Trinajstić information content (AvgIpc) is 2.22.